The Morgan fingerprint density at radius 2 is 0.809 bits per heavy atom. The van der Waals surface area contributed by atoms with Gasteiger partial charge in [-0.2, -0.15) is 0 Å². The Bertz CT molecular complexity index is 4000. The van der Waals surface area contributed by atoms with Crippen LogP contribution in [0.1, 0.15) is 0 Å². The fourth-order valence-electron chi connectivity index (χ4n) is 10.2. The van der Waals surface area contributed by atoms with Crippen molar-refractivity contribution < 1.29 is 4.42 Å². The van der Waals surface area contributed by atoms with Crippen molar-refractivity contribution in [3.63, 3.8) is 0 Å². The topological polar surface area (TPSA) is 19.6 Å². The van der Waals surface area contributed by atoms with Crippen LogP contribution in [0, 0.1) is 0 Å². The van der Waals surface area contributed by atoms with Crippen LogP contribution in [0.2, 0.25) is 0 Å². The number of anilines is 6. The van der Waals surface area contributed by atoms with Crippen LogP contribution in [0.5, 0.6) is 0 Å². The third-order valence-corrected chi connectivity index (χ3v) is 14.5. The maximum absolute atomic E-state index is 6.57. The van der Waals surface area contributed by atoms with E-state index in [9.17, 15) is 0 Å². The highest BCUT2D eigenvalue weighted by Gasteiger charge is 2.24. The summed E-state index contributed by atoms with van der Waals surface area (Å²) in [6, 6.07) is 92.0. The second kappa shape index (κ2) is 16.6. The molecule has 0 radical (unpaired) electrons. The van der Waals surface area contributed by atoms with Crippen LogP contribution in [-0.4, -0.2) is 0 Å². The summed E-state index contributed by atoms with van der Waals surface area (Å²) in [5.74, 6) is 0. The molecule has 0 saturated heterocycles. The van der Waals surface area contributed by atoms with Gasteiger partial charge in [-0.25, -0.2) is 0 Å². The van der Waals surface area contributed by atoms with Crippen LogP contribution in [0.4, 0.5) is 34.1 Å². The lowest BCUT2D eigenvalue weighted by Gasteiger charge is -2.31. The molecule has 0 fully saturated rings. The van der Waals surface area contributed by atoms with E-state index in [0.29, 0.717) is 0 Å². The van der Waals surface area contributed by atoms with E-state index < -0.39 is 0 Å². The third-order valence-electron chi connectivity index (χ3n) is 13.3. The molecule has 13 rings (SSSR count). The molecule has 4 heteroatoms. The fourth-order valence-corrected chi connectivity index (χ4v) is 11.4. The molecule has 0 unspecified atom stereocenters. The maximum Gasteiger partial charge on any atom is 0.137 e. The zero-order valence-corrected chi connectivity index (χ0v) is 37.8. The average molecular weight is 887 g/mol. The van der Waals surface area contributed by atoms with Crippen LogP contribution in [-0.2, 0) is 0 Å². The zero-order valence-electron chi connectivity index (χ0n) is 37.0. The summed E-state index contributed by atoms with van der Waals surface area (Å²) >= 11 is 1.84. The fraction of sp³-hybridized carbons (Fsp3) is 0. The molecule has 320 valence electrons. The number of fused-ring (bicyclic) bond motifs is 7. The number of hydrogen-bond acceptors (Lipinski definition) is 4. The Morgan fingerprint density at radius 1 is 0.279 bits per heavy atom. The Morgan fingerprint density at radius 3 is 1.59 bits per heavy atom. The summed E-state index contributed by atoms with van der Waals surface area (Å²) < 4.78 is 9.07. The molecule has 2 aromatic heterocycles. The SMILES string of the molecule is c1ccc(-c2ccccc2N(c2cccc(-c3ccccc3N(c3ccc4c(c3)oc3ccccc34)c3cccc4c3sc3ccccc34)c2)c2ccc(-c3ccccc3)c3ccccc23)cc1. The van der Waals surface area contributed by atoms with Gasteiger partial charge in [0.2, 0.25) is 0 Å². The van der Waals surface area contributed by atoms with Gasteiger partial charge in [0.25, 0.3) is 0 Å². The zero-order chi connectivity index (χ0) is 45.0. The summed E-state index contributed by atoms with van der Waals surface area (Å²) in [5, 5.41) is 7.10. The minimum Gasteiger partial charge on any atom is -0.456 e. The van der Waals surface area contributed by atoms with E-state index in [1.807, 2.05) is 17.4 Å². The van der Waals surface area contributed by atoms with Crippen molar-refractivity contribution >= 4 is 98.3 Å². The van der Waals surface area contributed by atoms with Gasteiger partial charge < -0.3 is 14.2 Å². The second-order valence-electron chi connectivity index (χ2n) is 17.2. The molecular weight excluding hydrogens is 845 g/mol. The van der Waals surface area contributed by atoms with E-state index in [1.165, 1.54) is 42.1 Å². The summed E-state index contributed by atoms with van der Waals surface area (Å²) in [6.45, 7) is 0. The molecule has 0 atom stereocenters. The van der Waals surface area contributed by atoms with E-state index in [0.717, 1.165) is 78.3 Å². The largest absolute Gasteiger partial charge is 0.456 e. The Labute approximate surface area is 398 Å². The van der Waals surface area contributed by atoms with Gasteiger partial charge in [0.15, 0.2) is 0 Å². The number of rotatable bonds is 9. The number of benzene rings is 11. The molecule has 0 bridgehead atoms. The number of furan rings is 1. The normalized spacial score (nSPS) is 11.5. The predicted octanol–water partition coefficient (Wildman–Crippen LogP) is 19.0. The van der Waals surface area contributed by atoms with Crippen molar-refractivity contribution in [2.75, 3.05) is 9.80 Å². The molecule has 13 aromatic rings. The van der Waals surface area contributed by atoms with Crippen molar-refractivity contribution in [3.8, 4) is 33.4 Å². The molecule has 0 saturated carbocycles. The number of para-hydroxylation sites is 3. The first-order chi connectivity index (χ1) is 33.7. The smallest absolute Gasteiger partial charge is 0.137 e. The molecule has 3 nitrogen and oxygen atoms in total. The average Bonchev–Trinajstić information content (AvgIpc) is 3.99. The first-order valence-electron chi connectivity index (χ1n) is 23.1. The van der Waals surface area contributed by atoms with E-state index >= 15 is 0 Å². The van der Waals surface area contributed by atoms with Gasteiger partial charge in [-0.3, -0.25) is 0 Å². The maximum atomic E-state index is 6.57. The molecular formula is C64H42N2OS. The van der Waals surface area contributed by atoms with E-state index in [4.69, 9.17) is 4.42 Å². The van der Waals surface area contributed by atoms with Gasteiger partial charge in [-0.15, -0.1) is 11.3 Å². The van der Waals surface area contributed by atoms with Crippen LogP contribution in [0.15, 0.2) is 259 Å². The molecule has 68 heavy (non-hydrogen) atoms. The van der Waals surface area contributed by atoms with Crippen LogP contribution in [0.25, 0.3) is 86.3 Å². The van der Waals surface area contributed by atoms with E-state index in [1.54, 1.807) is 0 Å². The Kier molecular flexibility index (Phi) is 9.69. The highest BCUT2D eigenvalue weighted by atomic mass is 32.1. The molecule has 11 aromatic carbocycles. The highest BCUT2D eigenvalue weighted by Crippen LogP contribution is 2.50. The molecule has 0 aliphatic carbocycles. The minimum absolute atomic E-state index is 0.856. The number of thiophene rings is 1. The standard InChI is InChI=1S/C64H42N2OS/c1-3-19-43(20-4-1)48-39-40-59(52-28-8-7-27-51(48)52)65(57-32-13-9-25-49(57)44-21-5-2-6-22-44)46-24-17-23-45(41-46)50-26-10-14-33-58(50)66(47-37-38-54-53-29-11-15-35-61(53)67-62(54)42-47)60-34-18-31-56-55-30-12-16-36-63(55)68-64(56)60/h1-42H. The van der Waals surface area contributed by atoms with Crippen molar-refractivity contribution in [2.24, 2.45) is 0 Å². The lowest BCUT2D eigenvalue weighted by atomic mass is 9.95. The Balaban J connectivity index is 1.03. The van der Waals surface area contributed by atoms with Gasteiger partial charge in [-0.1, -0.05) is 188 Å². The van der Waals surface area contributed by atoms with Crippen molar-refractivity contribution in [1.82, 2.24) is 0 Å². The quantitative estimate of drug-likeness (QED) is 0.144. The molecule has 0 aliphatic rings. The molecule has 0 N–H and O–H groups in total. The molecule has 0 amide bonds. The molecule has 0 aliphatic heterocycles. The molecule has 2 heterocycles. The lowest BCUT2D eigenvalue weighted by Crippen LogP contribution is -2.13. The van der Waals surface area contributed by atoms with Gasteiger partial charge in [0, 0.05) is 60.2 Å². The van der Waals surface area contributed by atoms with Gasteiger partial charge in [-0.05, 0) is 88.3 Å². The van der Waals surface area contributed by atoms with Gasteiger partial charge in [0.05, 0.1) is 27.4 Å². The van der Waals surface area contributed by atoms with E-state index in [-0.39, 0.29) is 0 Å². The Hall–Kier alpha value is -8.70. The highest BCUT2D eigenvalue weighted by molar-refractivity contribution is 7.26. The second-order valence-corrected chi connectivity index (χ2v) is 18.2. The first kappa shape index (κ1) is 39.6. The summed E-state index contributed by atoms with van der Waals surface area (Å²) in [7, 11) is 0. The van der Waals surface area contributed by atoms with Gasteiger partial charge in [0.1, 0.15) is 11.2 Å². The third kappa shape index (κ3) is 6.73. The summed E-state index contributed by atoms with van der Waals surface area (Å²) in [6.07, 6.45) is 0. The van der Waals surface area contributed by atoms with Crippen molar-refractivity contribution in [2.45, 2.75) is 0 Å². The molecule has 0 spiro atoms. The lowest BCUT2D eigenvalue weighted by molar-refractivity contribution is 0.669. The van der Waals surface area contributed by atoms with Crippen molar-refractivity contribution in [3.05, 3.63) is 255 Å². The minimum atomic E-state index is 0.856. The summed E-state index contributed by atoms with van der Waals surface area (Å²) in [5.41, 5.74) is 15.1. The van der Waals surface area contributed by atoms with Crippen LogP contribution >= 0.6 is 11.3 Å². The monoisotopic (exact) mass is 886 g/mol. The van der Waals surface area contributed by atoms with E-state index in [2.05, 4.69) is 259 Å². The number of hydrogen-bond donors (Lipinski definition) is 0. The number of nitrogens with zero attached hydrogens (tertiary/aromatic N) is 2. The first-order valence-corrected chi connectivity index (χ1v) is 23.9. The van der Waals surface area contributed by atoms with Gasteiger partial charge >= 0.3 is 0 Å². The van der Waals surface area contributed by atoms with Crippen LogP contribution in [0.3, 0.4) is 0 Å². The summed E-state index contributed by atoms with van der Waals surface area (Å²) in [4.78, 5) is 4.89. The predicted molar refractivity (Wildman–Crippen MR) is 290 cm³/mol. The van der Waals surface area contributed by atoms with Crippen LogP contribution < -0.4 is 9.80 Å². The van der Waals surface area contributed by atoms with Crippen molar-refractivity contribution in [1.29, 1.82) is 0 Å².